The van der Waals surface area contributed by atoms with Gasteiger partial charge in [0.15, 0.2) is 5.76 Å². The molecule has 31 heavy (non-hydrogen) atoms. The molecule has 1 atom stereocenters. The topological polar surface area (TPSA) is 85.7 Å². The van der Waals surface area contributed by atoms with Gasteiger partial charge in [0.25, 0.3) is 0 Å². The molecule has 0 aliphatic carbocycles. The molecule has 1 heterocycles. The van der Waals surface area contributed by atoms with Gasteiger partial charge in [0.2, 0.25) is 0 Å². The molecule has 0 amide bonds. The van der Waals surface area contributed by atoms with Crippen LogP contribution in [0.1, 0.15) is 16.9 Å². The standard InChI is InChI=1S/C21H15ClF3N4OP/c1-11-4-2-5-12(8-11)28-20(21(23,24)25)14(10-27)19-13(9-26)18(29-30-19)17-15(22)6-3-7-16(17)31/h2-8,10,27-28H,31H2,1H3/b20-14+,27-10?. The third kappa shape index (κ3) is 4.63. The van der Waals surface area contributed by atoms with Crippen LogP contribution >= 0.6 is 20.8 Å². The molecular formula is C21H15ClF3N4OP. The van der Waals surface area contributed by atoms with Crippen molar-refractivity contribution in [1.29, 1.82) is 10.7 Å². The molecule has 5 nitrogen and oxygen atoms in total. The number of nitrogens with zero attached hydrogens (tertiary/aromatic N) is 2. The molecule has 0 bridgehead atoms. The van der Waals surface area contributed by atoms with Gasteiger partial charge < -0.3 is 15.2 Å². The van der Waals surface area contributed by atoms with Gasteiger partial charge in [0.1, 0.15) is 23.0 Å². The molecule has 10 heteroatoms. The molecule has 0 aliphatic rings. The van der Waals surface area contributed by atoms with Crippen molar-refractivity contribution in [2.24, 2.45) is 0 Å². The molecule has 3 aromatic rings. The third-order valence-electron chi connectivity index (χ3n) is 4.32. The van der Waals surface area contributed by atoms with Crippen LogP contribution in [0.15, 0.2) is 52.7 Å². The predicted octanol–water partition coefficient (Wildman–Crippen LogP) is 5.71. The number of anilines is 1. The number of nitriles is 1. The van der Waals surface area contributed by atoms with Crippen molar-refractivity contribution >= 4 is 43.6 Å². The summed E-state index contributed by atoms with van der Waals surface area (Å²) >= 11 is 6.22. The summed E-state index contributed by atoms with van der Waals surface area (Å²) in [5.74, 6) is -0.482. The van der Waals surface area contributed by atoms with Gasteiger partial charge in [-0.25, -0.2) is 0 Å². The summed E-state index contributed by atoms with van der Waals surface area (Å²) in [6.45, 7) is 1.74. The van der Waals surface area contributed by atoms with Crippen LogP contribution in [0.5, 0.6) is 0 Å². The van der Waals surface area contributed by atoms with E-state index < -0.39 is 23.2 Å². The maximum atomic E-state index is 13.9. The fourth-order valence-corrected chi connectivity index (χ4v) is 3.71. The Morgan fingerprint density at radius 2 is 2.00 bits per heavy atom. The first-order chi connectivity index (χ1) is 14.7. The van der Waals surface area contributed by atoms with Crippen LogP contribution in [0, 0.1) is 23.7 Å². The second-order valence-corrected chi connectivity index (χ2v) is 7.51. The van der Waals surface area contributed by atoms with E-state index in [0.29, 0.717) is 17.1 Å². The fraction of sp³-hybridized carbons (Fsp3) is 0.0952. The lowest BCUT2D eigenvalue weighted by atomic mass is 10.0. The van der Waals surface area contributed by atoms with Crippen LogP contribution in [0.3, 0.4) is 0 Å². The number of benzene rings is 2. The SMILES string of the molecule is Cc1cccc(N/C(=C(\C=N)c2onc(-c3c(P)cccc3Cl)c2C#N)C(F)(F)F)c1. The van der Waals surface area contributed by atoms with Crippen molar-refractivity contribution in [3.05, 3.63) is 70.1 Å². The Hall–Kier alpha value is -3.14. The summed E-state index contributed by atoms with van der Waals surface area (Å²) in [6, 6.07) is 13.1. The first kappa shape index (κ1) is 22.5. The number of rotatable bonds is 5. The number of hydrogen-bond acceptors (Lipinski definition) is 5. The van der Waals surface area contributed by atoms with Crippen molar-refractivity contribution in [3.63, 3.8) is 0 Å². The minimum absolute atomic E-state index is 0.00969. The molecule has 0 radical (unpaired) electrons. The normalized spacial score (nSPS) is 12.2. The summed E-state index contributed by atoms with van der Waals surface area (Å²) in [6.07, 6.45) is -4.39. The Labute approximate surface area is 183 Å². The molecule has 2 aromatic carbocycles. The van der Waals surface area contributed by atoms with E-state index in [0.717, 1.165) is 5.56 Å². The molecule has 2 N–H and O–H groups in total. The molecule has 158 valence electrons. The summed E-state index contributed by atoms with van der Waals surface area (Å²) in [7, 11) is 2.42. The summed E-state index contributed by atoms with van der Waals surface area (Å²) in [5, 5.41) is 24.3. The lowest BCUT2D eigenvalue weighted by Gasteiger charge is -2.17. The average Bonchev–Trinajstić information content (AvgIpc) is 3.10. The van der Waals surface area contributed by atoms with Crippen LogP contribution in [-0.2, 0) is 0 Å². The number of aromatic nitrogens is 1. The third-order valence-corrected chi connectivity index (χ3v) is 5.11. The molecule has 1 unspecified atom stereocenters. The molecule has 0 spiro atoms. The fourth-order valence-electron chi connectivity index (χ4n) is 2.95. The Balaban J connectivity index is 2.24. The minimum Gasteiger partial charge on any atom is -0.354 e. The Bertz CT molecular complexity index is 1210. The average molecular weight is 463 g/mol. The smallest absolute Gasteiger partial charge is 0.354 e. The van der Waals surface area contributed by atoms with Gasteiger partial charge in [0.05, 0.1) is 10.6 Å². The van der Waals surface area contributed by atoms with Crippen molar-refractivity contribution in [3.8, 4) is 17.3 Å². The molecule has 0 fully saturated rings. The Kier molecular flexibility index (Phi) is 6.49. The van der Waals surface area contributed by atoms with Crippen LogP contribution in [0.25, 0.3) is 16.8 Å². The second-order valence-electron chi connectivity index (χ2n) is 6.48. The predicted molar refractivity (Wildman–Crippen MR) is 118 cm³/mol. The van der Waals surface area contributed by atoms with Crippen molar-refractivity contribution in [1.82, 2.24) is 5.16 Å². The number of hydrogen-bond donors (Lipinski definition) is 2. The summed E-state index contributed by atoms with van der Waals surface area (Å²) in [5.41, 5.74) is -0.936. The van der Waals surface area contributed by atoms with Gasteiger partial charge in [-0.15, -0.1) is 9.24 Å². The minimum atomic E-state index is -4.87. The second kappa shape index (κ2) is 8.93. The highest BCUT2D eigenvalue weighted by atomic mass is 35.5. The van der Waals surface area contributed by atoms with E-state index in [-0.39, 0.29) is 22.0 Å². The van der Waals surface area contributed by atoms with Gasteiger partial charge in [-0.3, -0.25) is 0 Å². The molecule has 0 saturated heterocycles. The molecular weight excluding hydrogens is 448 g/mol. The first-order valence-corrected chi connectivity index (χ1v) is 9.73. The highest BCUT2D eigenvalue weighted by molar-refractivity contribution is 7.28. The van der Waals surface area contributed by atoms with Crippen LogP contribution in [0.2, 0.25) is 5.02 Å². The van der Waals surface area contributed by atoms with E-state index in [2.05, 4.69) is 19.7 Å². The van der Waals surface area contributed by atoms with Gasteiger partial charge in [-0.1, -0.05) is 41.0 Å². The zero-order valence-corrected chi connectivity index (χ0v) is 17.9. The van der Waals surface area contributed by atoms with Crippen molar-refractivity contribution in [2.45, 2.75) is 13.1 Å². The molecule has 1 aromatic heterocycles. The van der Waals surface area contributed by atoms with E-state index >= 15 is 0 Å². The van der Waals surface area contributed by atoms with Crippen molar-refractivity contribution in [2.75, 3.05) is 5.32 Å². The number of aryl methyl sites for hydroxylation is 1. The van der Waals surface area contributed by atoms with Gasteiger partial charge in [0, 0.05) is 17.5 Å². The van der Waals surface area contributed by atoms with E-state index in [1.807, 2.05) is 6.07 Å². The van der Waals surface area contributed by atoms with E-state index in [1.165, 1.54) is 12.1 Å². The number of halogens is 4. The highest BCUT2D eigenvalue weighted by Crippen LogP contribution is 2.37. The lowest BCUT2D eigenvalue weighted by Crippen LogP contribution is -2.21. The largest absolute Gasteiger partial charge is 0.432 e. The Morgan fingerprint density at radius 1 is 1.29 bits per heavy atom. The van der Waals surface area contributed by atoms with Gasteiger partial charge in [-0.2, -0.15) is 18.4 Å². The van der Waals surface area contributed by atoms with E-state index in [9.17, 15) is 18.4 Å². The highest BCUT2D eigenvalue weighted by Gasteiger charge is 2.39. The lowest BCUT2D eigenvalue weighted by molar-refractivity contribution is -0.0896. The van der Waals surface area contributed by atoms with Gasteiger partial charge in [-0.05, 0) is 36.0 Å². The van der Waals surface area contributed by atoms with Gasteiger partial charge >= 0.3 is 6.18 Å². The quantitative estimate of drug-likeness (QED) is 0.375. The number of nitrogens with one attached hydrogen (secondary N) is 2. The number of allylic oxidation sites excluding steroid dienone is 2. The molecule has 0 saturated carbocycles. The van der Waals surface area contributed by atoms with Crippen molar-refractivity contribution < 1.29 is 17.7 Å². The maximum absolute atomic E-state index is 13.9. The van der Waals surface area contributed by atoms with Crippen LogP contribution < -0.4 is 10.6 Å². The molecule has 3 rings (SSSR count). The first-order valence-electron chi connectivity index (χ1n) is 8.77. The van der Waals surface area contributed by atoms with Crippen LogP contribution in [-0.4, -0.2) is 17.5 Å². The summed E-state index contributed by atoms with van der Waals surface area (Å²) < 4.78 is 46.9. The zero-order valence-electron chi connectivity index (χ0n) is 16.0. The monoisotopic (exact) mass is 462 g/mol. The maximum Gasteiger partial charge on any atom is 0.432 e. The summed E-state index contributed by atoms with van der Waals surface area (Å²) in [4.78, 5) is 0. The number of alkyl halides is 3. The molecule has 0 aliphatic heterocycles. The zero-order chi connectivity index (χ0) is 22.8. The Morgan fingerprint density at radius 3 is 2.58 bits per heavy atom. The van der Waals surface area contributed by atoms with E-state index in [4.69, 9.17) is 21.5 Å². The van der Waals surface area contributed by atoms with Crippen LogP contribution in [0.4, 0.5) is 18.9 Å². The van der Waals surface area contributed by atoms with E-state index in [1.54, 1.807) is 37.3 Å².